The zero-order valence-electron chi connectivity index (χ0n) is 11.6. The maximum absolute atomic E-state index is 11.7. The van der Waals surface area contributed by atoms with Gasteiger partial charge in [-0.2, -0.15) is 0 Å². The van der Waals surface area contributed by atoms with E-state index in [4.69, 9.17) is 0 Å². The fraction of sp³-hybridized carbons (Fsp3) is 0.385. The number of carbonyl (C=O) groups is 2. The van der Waals surface area contributed by atoms with Crippen LogP contribution in [0.4, 0.5) is 10.5 Å². The van der Waals surface area contributed by atoms with E-state index in [0.717, 1.165) is 4.47 Å². The highest BCUT2D eigenvalue weighted by Gasteiger charge is 2.28. The van der Waals surface area contributed by atoms with E-state index in [0.29, 0.717) is 12.1 Å². The van der Waals surface area contributed by atoms with Gasteiger partial charge in [-0.3, -0.25) is 4.79 Å². The molecule has 0 radical (unpaired) electrons. The molecule has 0 bridgehead atoms. The van der Waals surface area contributed by atoms with Crippen LogP contribution in [0.1, 0.15) is 6.42 Å². The number of rotatable bonds is 4. The summed E-state index contributed by atoms with van der Waals surface area (Å²) in [7, 11) is -3.04. The molecule has 1 aliphatic heterocycles. The first kappa shape index (κ1) is 16.8. The van der Waals surface area contributed by atoms with Crippen LogP contribution in [0.15, 0.2) is 28.7 Å². The van der Waals surface area contributed by atoms with Crippen molar-refractivity contribution in [2.45, 2.75) is 12.5 Å². The van der Waals surface area contributed by atoms with Gasteiger partial charge in [0.25, 0.3) is 0 Å². The number of halogens is 1. The van der Waals surface area contributed by atoms with Crippen LogP contribution in [0.2, 0.25) is 0 Å². The Morgan fingerprint density at radius 2 is 2.09 bits per heavy atom. The van der Waals surface area contributed by atoms with Crippen LogP contribution >= 0.6 is 15.9 Å². The van der Waals surface area contributed by atoms with Crippen molar-refractivity contribution < 1.29 is 18.0 Å². The second kappa shape index (κ2) is 7.10. The number of sulfone groups is 1. The molecule has 3 amide bonds. The Kier molecular flexibility index (Phi) is 5.41. The molecule has 1 heterocycles. The van der Waals surface area contributed by atoms with Gasteiger partial charge in [0.1, 0.15) is 0 Å². The van der Waals surface area contributed by atoms with Crippen LogP contribution in [0, 0.1) is 0 Å². The fourth-order valence-corrected chi connectivity index (χ4v) is 4.15. The van der Waals surface area contributed by atoms with Crippen molar-refractivity contribution >= 4 is 43.4 Å². The quantitative estimate of drug-likeness (QED) is 0.710. The number of hydrogen-bond donors (Lipinski definition) is 3. The summed E-state index contributed by atoms with van der Waals surface area (Å²) in [6, 6.07) is 6.13. The fourth-order valence-electron chi connectivity index (χ4n) is 2.08. The van der Waals surface area contributed by atoms with E-state index >= 15 is 0 Å². The molecule has 9 heteroatoms. The second-order valence-corrected chi connectivity index (χ2v) is 8.13. The smallest absolute Gasteiger partial charge is 0.315 e. The van der Waals surface area contributed by atoms with E-state index in [2.05, 4.69) is 31.9 Å². The summed E-state index contributed by atoms with van der Waals surface area (Å²) in [5, 5.41) is 7.59. The zero-order valence-corrected chi connectivity index (χ0v) is 14.0. The average Bonchev–Trinajstić information content (AvgIpc) is 2.75. The number of benzene rings is 1. The molecule has 0 aromatic heterocycles. The molecule has 22 heavy (non-hydrogen) atoms. The monoisotopic (exact) mass is 389 g/mol. The van der Waals surface area contributed by atoms with Crippen LogP contribution in [-0.4, -0.2) is 44.4 Å². The van der Waals surface area contributed by atoms with Crippen molar-refractivity contribution in [1.82, 2.24) is 10.6 Å². The molecule has 1 unspecified atom stereocenters. The molecule has 7 nitrogen and oxygen atoms in total. The highest BCUT2D eigenvalue weighted by atomic mass is 79.9. The minimum absolute atomic E-state index is 0.0509. The summed E-state index contributed by atoms with van der Waals surface area (Å²) in [6.07, 6.45) is 0.403. The van der Waals surface area contributed by atoms with E-state index in [9.17, 15) is 18.0 Å². The van der Waals surface area contributed by atoms with Gasteiger partial charge in [-0.05, 0) is 24.6 Å². The summed E-state index contributed by atoms with van der Waals surface area (Å²) in [4.78, 5) is 23.3. The van der Waals surface area contributed by atoms with Gasteiger partial charge in [0, 0.05) is 16.2 Å². The Balaban J connectivity index is 1.73. The molecule has 0 spiro atoms. The predicted octanol–water partition coefficient (Wildman–Crippen LogP) is 0.874. The summed E-state index contributed by atoms with van der Waals surface area (Å²) < 4.78 is 23.4. The minimum atomic E-state index is -3.04. The molecular formula is C13H16BrN3O4S. The van der Waals surface area contributed by atoms with Crippen LogP contribution in [0.5, 0.6) is 0 Å². The lowest BCUT2D eigenvalue weighted by Gasteiger charge is -2.12. The minimum Gasteiger partial charge on any atom is -0.334 e. The third kappa shape index (κ3) is 5.30. The van der Waals surface area contributed by atoms with Crippen LogP contribution in [0.3, 0.4) is 0 Å². The number of urea groups is 1. The maximum atomic E-state index is 11.7. The van der Waals surface area contributed by atoms with Crippen LogP contribution < -0.4 is 16.0 Å². The topological polar surface area (TPSA) is 104 Å². The van der Waals surface area contributed by atoms with Gasteiger partial charge < -0.3 is 16.0 Å². The maximum Gasteiger partial charge on any atom is 0.315 e. The van der Waals surface area contributed by atoms with Crippen molar-refractivity contribution in [2.75, 3.05) is 23.4 Å². The number of anilines is 1. The first-order chi connectivity index (χ1) is 10.3. The molecule has 1 aliphatic rings. The largest absolute Gasteiger partial charge is 0.334 e. The number of amides is 3. The SMILES string of the molecule is O=C(CNC(=O)NC1CCS(=O)(=O)C1)Nc1cccc(Br)c1. The zero-order chi connectivity index (χ0) is 16.2. The summed E-state index contributed by atoms with van der Waals surface area (Å²) >= 11 is 3.29. The van der Waals surface area contributed by atoms with Gasteiger partial charge in [-0.25, -0.2) is 13.2 Å². The van der Waals surface area contributed by atoms with Gasteiger partial charge in [0.2, 0.25) is 5.91 Å². The summed E-state index contributed by atoms with van der Waals surface area (Å²) in [5.74, 6) is -0.335. The molecule has 0 aliphatic carbocycles. The highest BCUT2D eigenvalue weighted by molar-refractivity contribution is 9.10. The average molecular weight is 390 g/mol. The highest BCUT2D eigenvalue weighted by Crippen LogP contribution is 2.15. The Labute approximate surface area is 136 Å². The van der Waals surface area contributed by atoms with Gasteiger partial charge >= 0.3 is 6.03 Å². The van der Waals surface area contributed by atoms with Crippen molar-refractivity contribution in [3.05, 3.63) is 28.7 Å². The van der Waals surface area contributed by atoms with E-state index in [1.165, 1.54) is 0 Å². The lowest BCUT2D eigenvalue weighted by atomic mass is 10.3. The van der Waals surface area contributed by atoms with Crippen LogP contribution in [0.25, 0.3) is 0 Å². The molecule has 1 aromatic carbocycles. The normalized spacial score (nSPS) is 19.4. The Morgan fingerprint density at radius 1 is 1.32 bits per heavy atom. The van der Waals surface area contributed by atoms with E-state index in [1.54, 1.807) is 18.2 Å². The van der Waals surface area contributed by atoms with Crippen LogP contribution in [-0.2, 0) is 14.6 Å². The van der Waals surface area contributed by atoms with Crippen molar-refractivity contribution in [3.63, 3.8) is 0 Å². The molecule has 1 saturated heterocycles. The molecule has 2 rings (SSSR count). The number of hydrogen-bond acceptors (Lipinski definition) is 4. The van der Waals surface area contributed by atoms with Gasteiger partial charge in [0.05, 0.1) is 18.1 Å². The van der Waals surface area contributed by atoms with Crippen molar-refractivity contribution in [3.8, 4) is 0 Å². The predicted molar refractivity (Wildman–Crippen MR) is 86.4 cm³/mol. The Morgan fingerprint density at radius 3 is 2.73 bits per heavy atom. The standard InChI is InChI=1S/C13H16BrN3O4S/c14-9-2-1-3-10(6-9)16-12(18)7-15-13(19)17-11-4-5-22(20,21)8-11/h1-3,6,11H,4-5,7-8H2,(H,16,18)(H2,15,17,19). The lowest BCUT2D eigenvalue weighted by Crippen LogP contribution is -2.45. The third-order valence-corrected chi connectivity index (χ3v) is 5.35. The third-order valence-electron chi connectivity index (χ3n) is 3.09. The van der Waals surface area contributed by atoms with Crippen molar-refractivity contribution in [2.24, 2.45) is 0 Å². The van der Waals surface area contributed by atoms with E-state index in [1.807, 2.05) is 6.07 Å². The van der Waals surface area contributed by atoms with Gasteiger partial charge in [-0.15, -0.1) is 0 Å². The van der Waals surface area contributed by atoms with Gasteiger partial charge in [0.15, 0.2) is 9.84 Å². The molecule has 120 valence electrons. The number of nitrogens with one attached hydrogen (secondary N) is 3. The second-order valence-electron chi connectivity index (χ2n) is 4.99. The molecular weight excluding hydrogens is 374 g/mol. The number of carbonyl (C=O) groups excluding carboxylic acids is 2. The summed E-state index contributed by atoms with van der Waals surface area (Å²) in [5.41, 5.74) is 0.614. The first-order valence-corrected chi connectivity index (χ1v) is 9.26. The van der Waals surface area contributed by atoms with E-state index in [-0.39, 0.29) is 24.0 Å². The van der Waals surface area contributed by atoms with Gasteiger partial charge in [-0.1, -0.05) is 22.0 Å². The summed E-state index contributed by atoms with van der Waals surface area (Å²) in [6.45, 7) is -0.197. The first-order valence-electron chi connectivity index (χ1n) is 6.64. The van der Waals surface area contributed by atoms with E-state index < -0.39 is 21.9 Å². The molecule has 1 atom stereocenters. The molecule has 3 N–H and O–H groups in total. The Bertz CT molecular complexity index is 678. The molecule has 1 aromatic rings. The van der Waals surface area contributed by atoms with Crippen molar-refractivity contribution in [1.29, 1.82) is 0 Å². The molecule has 1 fully saturated rings. The molecule has 0 saturated carbocycles. The Hall–Kier alpha value is -1.61. The lowest BCUT2D eigenvalue weighted by molar-refractivity contribution is -0.115.